The number of nitrogens with zero attached hydrogens (tertiary/aromatic N) is 8. The first-order valence-corrected chi connectivity index (χ1v) is 16.7. The maximum atomic E-state index is 12.6. The maximum absolute atomic E-state index is 12.6. The van der Waals surface area contributed by atoms with Crippen molar-refractivity contribution >= 4 is 11.8 Å². The van der Waals surface area contributed by atoms with E-state index in [4.69, 9.17) is 0 Å². The SMILES string of the molecule is CSc1ccc(Cn2ccc(-c3noc(C(F)(F)F)n3)cc2=O)cc1.O=c1cc(-c2noc(C(F)(F)F)n2)ccn1Cc1ccc(-c2cncnc2)cc1. The monoisotopic (exact) mass is 766 g/mol. The van der Waals surface area contributed by atoms with Crippen LogP contribution in [0, 0.1) is 0 Å². The summed E-state index contributed by atoms with van der Waals surface area (Å²) in [6, 6.07) is 20.6. The summed E-state index contributed by atoms with van der Waals surface area (Å²) < 4.78 is 86.4. The van der Waals surface area contributed by atoms with Gasteiger partial charge in [-0.3, -0.25) is 9.59 Å². The van der Waals surface area contributed by atoms with E-state index < -0.39 is 29.7 Å². The molecule has 0 saturated carbocycles. The highest BCUT2D eigenvalue weighted by molar-refractivity contribution is 7.98. The van der Waals surface area contributed by atoms with Gasteiger partial charge in [0.1, 0.15) is 6.33 Å². The number of aromatic nitrogens is 8. The topological polar surface area (TPSA) is 148 Å². The molecule has 276 valence electrons. The standard InChI is InChI=1S/C19H12F3N5O2.C16H12F3N3O2S/c20-19(21,22)18-25-17(26-29-18)14-5-6-27(16(28)7-14)10-12-1-3-13(4-2-12)15-8-23-11-24-9-15;1-25-12-4-2-10(3-5-12)9-22-7-6-11(8-13(22)23)14-20-15(24-21-14)16(17,18)19/h1-9,11H,10H2;2-8H,9H2,1H3. The van der Waals surface area contributed by atoms with E-state index in [1.54, 1.807) is 24.2 Å². The molecule has 0 saturated heterocycles. The van der Waals surface area contributed by atoms with Crippen LogP contribution in [0.4, 0.5) is 26.3 Å². The summed E-state index contributed by atoms with van der Waals surface area (Å²) >= 11 is 1.62. The second-order valence-corrected chi connectivity index (χ2v) is 12.2. The Balaban J connectivity index is 0.000000186. The van der Waals surface area contributed by atoms with Crippen molar-refractivity contribution in [3.05, 3.63) is 148 Å². The molecule has 7 aromatic rings. The van der Waals surface area contributed by atoms with Crippen LogP contribution < -0.4 is 11.1 Å². The normalized spacial score (nSPS) is 11.6. The molecule has 0 fully saturated rings. The summed E-state index contributed by atoms with van der Waals surface area (Å²) in [5.74, 6) is -3.47. The van der Waals surface area contributed by atoms with Gasteiger partial charge in [0.05, 0.1) is 13.1 Å². The minimum atomic E-state index is -4.74. The molecule has 0 bridgehead atoms. The van der Waals surface area contributed by atoms with Crippen molar-refractivity contribution in [1.82, 2.24) is 39.4 Å². The fourth-order valence-corrected chi connectivity index (χ4v) is 5.25. The molecule has 0 radical (unpaired) electrons. The van der Waals surface area contributed by atoms with E-state index in [-0.39, 0.29) is 28.3 Å². The number of benzene rings is 2. The molecule has 0 aliphatic carbocycles. The number of alkyl halides is 6. The van der Waals surface area contributed by atoms with Gasteiger partial charge in [-0.2, -0.15) is 36.3 Å². The van der Waals surface area contributed by atoms with Gasteiger partial charge in [0, 0.05) is 58.5 Å². The Kier molecular flexibility index (Phi) is 10.9. The third-order valence-electron chi connectivity index (χ3n) is 7.56. The van der Waals surface area contributed by atoms with Crippen LogP contribution in [0.3, 0.4) is 0 Å². The molecule has 7 rings (SSSR count). The van der Waals surface area contributed by atoms with Gasteiger partial charge < -0.3 is 18.2 Å². The fraction of sp³-hybridized carbons (Fsp3) is 0.143. The zero-order chi connectivity index (χ0) is 38.5. The lowest BCUT2D eigenvalue weighted by atomic mass is 10.1. The predicted molar refractivity (Wildman–Crippen MR) is 182 cm³/mol. The van der Waals surface area contributed by atoms with Gasteiger partial charge in [-0.15, -0.1) is 11.8 Å². The van der Waals surface area contributed by atoms with Gasteiger partial charge in [0.2, 0.25) is 11.6 Å². The van der Waals surface area contributed by atoms with E-state index in [1.165, 1.54) is 52.1 Å². The van der Waals surface area contributed by atoms with Crippen molar-refractivity contribution in [1.29, 1.82) is 0 Å². The first-order valence-electron chi connectivity index (χ1n) is 15.5. The zero-order valence-electron chi connectivity index (χ0n) is 27.6. The number of rotatable bonds is 8. The van der Waals surface area contributed by atoms with Crippen molar-refractivity contribution in [3.8, 4) is 33.9 Å². The summed E-state index contributed by atoms with van der Waals surface area (Å²) in [6.07, 6.45) is 0.332. The van der Waals surface area contributed by atoms with Crippen LogP contribution in [0.15, 0.2) is 127 Å². The number of pyridine rings is 2. The van der Waals surface area contributed by atoms with Crippen molar-refractivity contribution in [3.63, 3.8) is 0 Å². The molecule has 0 unspecified atom stereocenters. The molecule has 5 heterocycles. The highest BCUT2D eigenvalue weighted by atomic mass is 32.2. The number of thioether (sulfide) groups is 1. The molecule has 19 heteroatoms. The highest BCUT2D eigenvalue weighted by Crippen LogP contribution is 2.30. The molecule has 0 atom stereocenters. The minimum absolute atomic E-state index is 0.143. The van der Waals surface area contributed by atoms with Crippen LogP contribution >= 0.6 is 11.8 Å². The highest BCUT2D eigenvalue weighted by Gasteiger charge is 2.39. The Hall–Kier alpha value is -6.37. The molecule has 5 aromatic heterocycles. The van der Waals surface area contributed by atoms with Crippen LogP contribution in [0.5, 0.6) is 0 Å². The molecule has 54 heavy (non-hydrogen) atoms. The van der Waals surface area contributed by atoms with Crippen LogP contribution in [0.25, 0.3) is 33.9 Å². The van der Waals surface area contributed by atoms with Crippen molar-refractivity contribution in [2.24, 2.45) is 0 Å². The van der Waals surface area contributed by atoms with Crippen molar-refractivity contribution in [2.45, 2.75) is 30.3 Å². The van der Waals surface area contributed by atoms with Crippen molar-refractivity contribution < 1.29 is 35.4 Å². The van der Waals surface area contributed by atoms with Crippen molar-refractivity contribution in [2.75, 3.05) is 6.26 Å². The van der Waals surface area contributed by atoms with Gasteiger partial charge >= 0.3 is 24.1 Å². The van der Waals surface area contributed by atoms with E-state index in [9.17, 15) is 35.9 Å². The van der Waals surface area contributed by atoms with E-state index in [2.05, 4.69) is 39.3 Å². The second-order valence-electron chi connectivity index (χ2n) is 11.3. The lowest BCUT2D eigenvalue weighted by Crippen LogP contribution is -2.19. The van der Waals surface area contributed by atoms with Crippen LogP contribution in [0.2, 0.25) is 0 Å². The Morgan fingerprint density at radius 2 is 1.06 bits per heavy atom. The molecular formula is C35H24F6N8O4S. The number of halogens is 6. The second kappa shape index (κ2) is 15.7. The third-order valence-corrected chi connectivity index (χ3v) is 8.30. The van der Waals surface area contributed by atoms with E-state index in [0.29, 0.717) is 13.1 Å². The van der Waals surface area contributed by atoms with E-state index in [0.717, 1.165) is 27.1 Å². The van der Waals surface area contributed by atoms with Gasteiger partial charge in [-0.1, -0.05) is 46.7 Å². The molecule has 0 aliphatic rings. The Morgan fingerprint density at radius 3 is 1.44 bits per heavy atom. The summed E-state index contributed by atoms with van der Waals surface area (Å²) in [4.78, 5) is 40.2. The van der Waals surface area contributed by atoms with Gasteiger partial charge in [-0.05, 0) is 47.2 Å². The minimum Gasteiger partial charge on any atom is -0.329 e. The van der Waals surface area contributed by atoms with Gasteiger partial charge in [0.15, 0.2) is 0 Å². The van der Waals surface area contributed by atoms with Gasteiger partial charge in [0.25, 0.3) is 11.1 Å². The number of hydrogen-bond donors (Lipinski definition) is 0. The fourth-order valence-electron chi connectivity index (χ4n) is 4.84. The maximum Gasteiger partial charge on any atom is 0.471 e. The average molecular weight is 767 g/mol. The van der Waals surface area contributed by atoms with Crippen LogP contribution in [0.1, 0.15) is 22.9 Å². The molecule has 0 aliphatic heterocycles. The summed E-state index contributed by atoms with van der Waals surface area (Å²) in [5.41, 5.74) is 3.16. The molecule has 0 amide bonds. The van der Waals surface area contributed by atoms with E-state index >= 15 is 0 Å². The van der Waals surface area contributed by atoms with Crippen LogP contribution in [-0.4, -0.2) is 45.6 Å². The van der Waals surface area contributed by atoms with E-state index in [1.807, 2.05) is 54.8 Å². The molecule has 0 N–H and O–H groups in total. The largest absolute Gasteiger partial charge is 0.471 e. The summed E-state index contributed by atoms with van der Waals surface area (Å²) in [6.45, 7) is 0.651. The Morgan fingerprint density at radius 1 is 0.611 bits per heavy atom. The average Bonchev–Trinajstić information content (AvgIpc) is 3.87. The molecule has 0 spiro atoms. The lowest BCUT2D eigenvalue weighted by Gasteiger charge is -2.07. The molecule has 12 nitrogen and oxygen atoms in total. The zero-order valence-corrected chi connectivity index (χ0v) is 28.4. The first kappa shape index (κ1) is 37.4. The Bertz CT molecular complexity index is 2460. The number of hydrogen-bond acceptors (Lipinski definition) is 11. The molecule has 2 aromatic carbocycles. The summed E-state index contributed by atoms with van der Waals surface area (Å²) in [7, 11) is 0. The smallest absolute Gasteiger partial charge is 0.329 e. The Labute approximate surface area is 304 Å². The van der Waals surface area contributed by atoms with Gasteiger partial charge in [-0.25, -0.2) is 9.97 Å². The summed E-state index contributed by atoms with van der Waals surface area (Å²) in [5, 5.41) is 6.55. The first-order chi connectivity index (χ1) is 25.8. The quantitative estimate of drug-likeness (QED) is 0.115. The predicted octanol–water partition coefficient (Wildman–Crippen LogP) is 7.11. The molecular weight excluding hydrogens is 742 g/mol. The third kappa shape index (κ3) is 9.16. The lowest BCUT2D eigenvalue weighted by molar-refractivity contribution is -0.160. The van der Waals surface area contributed by atoms with Crippen LogP contribution in [-0.2, 0) is 25.4 Å².